The molecule has 0 unspecified atom stereocenters. The van der Waals surface area contributed by atoms with Crippen LogP contribution in [0, 0.1) is 0 Å². The van der Waals surface area contributed by atoms with Gasteiger partial charge in [0.2, 0.25) is 0 Å². The van der Waals surface area contributed by atoms with Crippen LogP contribution in [0.4, 0.5) is 4.79 Å². The molecule has 148 valence electrons. The summed E-state index contributed by atoms with van der Waals surface area (Å²) in [5, 5.41) is 4.22. The fraction of sp³-hybridized carbons (Fsp3) is 0.476. The maximum absolute atomic E-state index is 13.2. The van der Waals surface area contributed by atoms with Crippen molar-refractivity contribution in [2.45, 2.75) is 31.3 Å². The number of likely N-dealkylation sites (N-methyl/N-ethyl adjacent to an activating group) is 1. The van der Waals surface area contributed by atoms with Gasteiger partial charge < -0.3 is 4.90 Å². The largest absolute Gasteiger partial charge is 0.327 e. The van der Waals surface area contributed by atoms with E-state index in [2.05, 4.69) is 10.00 Å². The number of aromatic nitrogens is 2. The van der Waals surface area contributed by atoms with Crippen LogP contribution in [0.1, 0.15) is 24.0 Å². The number of amides is 3. The van der Waals surface area contributed by atoms with Gasteiger partial charge in [0, 0.05) is 52.0 Å². The van der Waals surface area contributed by atoms with Crippen molar-refractivity contribution in [3.63, 3.8) is 0 Å². The van der Waals surface area contributed by atoms with Gasteiger partial charge in [-0.1, -0.05) is 30.3 Å². The molecule has 0 bridgehead atoms. The van der Waals surface area contributed by atoms with E-state index in [1.807, 2.05) is 49.8 Å². The van der Waals surface area contributed by atoms with Crippen LogP contribution in [-0.4, -0.2) is 68.6 Å². The highest BCUT2D eigenvalue weighted by molar-refractivity contribution is 6.07. The number of likely N-dealkylation sites (tertiary alicyclic amines) is 1. The van der Waals surface area contributed by atoms with Gasteiger partial charge in [0.15, 0.2) is 0 Å². The summed E-state index contributed by atoms with van der Waals surface area (Å²) in [6.07, 6.45) is 5.94. The van der Waals surface area contributed by atoms with Crippen molar-refractivity contribution in [2.75, 3.05) is 26.7 Å². The first-order valence-corrected chi connectivity index (χ1v) is 9.83. The molecule has 7 nitrogen and oxygen atoms in total. The van der Waals surface area contributed by atoms with Gasteiger partial charge in [-0.05, 0) is 24.8 Å². The molecule has 7 heteroatoms. The number of piperidine rings is 1. The molecule has 4 rings (SSSR count). The number of urea groups is 1. The highest BCUT2D eigenvalue weighted by Crippen LogP contribution is 2.36. The van der Waals surface area contributed by atoms with Crippen molar-refractivity contribution < 1.29 is 9.59 Å². The first kappa shape index (κ1) is 18.7. The van der Waals surface area contributed by atoms with Gasteiger partial charge >= 0.3 is 6.03 Å². The summed E-state index contributed by atoms with van der Waals surface area (Å²) in [5.41, 5.74) is 1.63. The third kappa shape index (κ3) is 3.30. The lowest BCUT2D eigenvalue weighted by atomic mass is 9.86. The van der Waals surface area contributed by atoms with E-state index in [4.69, 9.17) is 0 Å². The molecule has 2 aliphatic rings. The van der Waals surface area contributed by atoms with E-state index in [0.29, 0.717) is 25.8 Å². The molecule has 0 N–H and O–H groups in total. The first-order valence-electron chi connectivity index (χ1n) is 9.83. The quantitative estimate of drug-likeness (QED) is 0.742. The van der Waals surface area contributed by atoms with Gasteiger partial charge in [-0.25, -0.2) is 4.79 Å². The Bertz CT molecular complexity index is 855. The number of hydrogen-bond acceptors (Lipinski definition) is 4. The Balaban J connectivity index is 1.40. The van der Waals surface area contributed by atoms with Crippen LogP contribution < -0.4 is 0 Å². The monoisotopic (exact) mass is 381 g/mol. The highest BCUT2D eigenvalue weighted by atomic mass is 16.2. The molecular weight excluding hydrogens is 354 g/mol. The number of carbonyl (C=O) groups excluding carboxylic acids is 2. The van der Waals surface area contributed by atoms with Gasteiger partial charge in [0.05, 0.1) is 6.20 Å². The average molecular weight is 381 g/mol. The van der Waals surface area contributed by atoms with Crippen molar-refractivity contribution in [3.05, 3.63) is 53.9 Å². The lowest BCUT2D eigenvalue weighted by Crippen LogP contribution is -2.55. The number of hydrogen-bond donors (Lipinski definition) is 0. The predicted molar refractivity (Wildman–Crippen MR) is 105 cm³/mol. The second kappa shape index (κ2) is 7.39. The standard InChI is InChI=1S/C21H27N5O2/c1-23-15-18(14-22-23)16-25-12-9-21(10-13-25)19(27)26(20(28)24(21)2)11-8-17-6-4-3-5-7-17/h3-7,14-15H,8-13,16H2,1-2H3. The van der Waals surface area contributed by atoms with Gasteiger partial charge in [-0.15, -0.1) is 0 Å². The number of imide groups is 1. The smallest absolute Gasteiger partial charge is 0.312 e. The Labute approximate surface area is 165 Å². The Morgan fingerprint density at radius 1 is 1.04 bits per heavy atom. The average Bonchev–Trinajstić information content (AvgIpc) is 3.19. The second-order valence-electron chi connectivity index (χ2n) is 7.86. The van der Waals surface area contributed by atoms with Crippen LogP contribution in [0.2, 0.25) is 0 Å². The molecule has 2 saturated heterocycles. The minimum atomic E-state index is -0.681. The third-order valence-corrected chi connectivity index (χ3v) is 6.12. The molecule has 3 heterocycles. The lowest BCUT2D eigenvalue weighted by molar-refractivity contribution is -0.135. The maximum atomic E-state index is 13.2. The fourth-order valence-corrected chi connectivity index (χ4v) is 4.37. The Morgan fingerprint density at radius 3 is 2.39 bits per heavy atom. The molecule has 0 saturated carbocycles. The summed E-state index contributed by atoms with van der Waals surface area (Å²) in [5.74, 6) is -0.0306. The fourth-order valence-electron chi connectivity index (χ4n) is 4.37. The molecule has 1 aromatic carbocycles. The zero-order valence-electron chi connectivity index (χ0n) is 16.5. The van der Waals surface area contributed by atoms with Gasteiger partial charge in [-0.3, -0.25) is 19.3 Å². The summed E-state index contributed by atoms with van der Waals surface area (Å²) in [4.78, 5) is 31.5. The van der Waals surface area contributed by atoms with E-state index in [-0.39, 0.29) is 11.9 Å². The van der Waals surface area contributed by atoms with E-state index in [1.165, 1.54) is 10.5 Å². The maximum Gasteiger partial charge on any atom is 0.327 e. The zero-order chi connectivity index (χ0) is 19.7. The second-order valence-corrected chi connectivity index (χ2v) is 7.86. The highest BCUT2D eigenvalue weighted by Gasteiger charge is 2.56. The van der Waals surface area contributed by atoms with E-state index in [0.717, 1.165) is 25.2 Å². The number of nitrogens with zero attached hydrogens (tertiary/aromatic N) is 5. The van der Waals surface area contributed by atoms with Crippen molar-refractivity contribution in [1.29, 1.82) is 0 Å². The van der Waals surface area contributed by atoms with E-state index < -0.39 is 5.54 Å². The zero-order valence-corrected chi connectivity index (χ0v) is 16.5. The number of aryl methyl sites for hydroxylation is 1. The molecule has 0 atom stereocenters. The van der Waals surface area contributed by atoms with E-state index in [1.54, 1.807) is 16.6 Å². The molecule has 2 aliphatic heterocycles. The molecule has 3 amide bonds. The Hall–Kier alpha value is -2.67. The van der Waals surface area contributed by atoms with Crippen molar-refractivity contribution >= 4 is 11.9 Å². The van der Waals surface area contributed by atoms with Crippen molar-refractivity contribution in [3.8, 4) is 0 Å². The van der Waals surface area contributed by atoms with Gasteiger partial charge in [-0.2, -0.15) is 5.10 Å². The molecule has 0 aliphatic carbocycles. The first-order chi connectivity index (χ1) is 13.5. The summed E-state index contributed by atoms with van der Waals surface area (Å²) in [6.45, 7) is 2.86. The van der Waals surface area contributed by atoms with Crippen LogP contribution >= 0.6 is 0 Å². The molecule has 1 spiro atoms. The normalized spacial score (nSPS) is 19.8. The van der Waals surface area contributed by atoms with Crippen molar-refractivity contribution in [1.82, 2.24) is 24.5 Å². The minimum Gasteiger partial charge on any atom is -0.312 e. The Kier molecular flexibility index (Phi) is 4.93. The molecular formula is C21H27N5O2. The minimum absolute atomic E-state index is 0.0306. The summed E-state index contributed by atoms with van der Waals surface area (Å²) < 4.78 is 1.80. The third-order valence-electron chi connectivity index (χ3n) is 6.12. The van der Waals surface area contributed by atoms with E-state index >= 15 is 0 Å². The topological polar surface area (TPSA) is 61.7 Å². The Morgan fingerprint density at radius 2 is 1.75 bits per heavy atom. The number of rotatable bonds is 5. The van der Waals surface area contributed by atoms with E-state index in [9.17, 15) is 9.59 Å². The summed E-state index contributed by atoms with van der Waals surface area (Å²) in [7, 11) is 3.69. The van der Waals surface area contributed by atoms with Crippen molar-refractivity contribution in [2.24, 2.45) is 7.05 Å². The summed E-state index contributed by atoms with van der Waals surface area (Å²) in [6, 6.07) is 9.82. The molecule has 2 aromatic rings. The number of carbonyl (C=O) groups is 2. The molecule has 2 fully saturated rings. The van der Waals surface area contributed by atoms with Crippen LogP contribution in [0.15, 0.2) is 42.7 Å². The molecule has 0 radical (unpaired) electrons. The SMILES string of the molecule is CN1C(=O)N(CCc2ccccc2)C(=O)C12CCN(Cc1cnn(C)c1)CC2. The van der Waals surface area contributed by atoms with Crippen LogP contribution in [-0.2, 0) is 24.8 Å². The lowest BCUT2D eigenvalue weighted by Gasteiger charge is -2.40. The molecule has 1 aromatic heterocycles. The van der Waals surface area contributed by atoms with Crippen LogP contribution in [0.5, 0.6) is 0 Å². The molecule has 28 heavy (non-hydrogen) atoms. The summed E-state index contributed by atoms with van der Waals surface area (Å²) >= 11 is 0. The predicted octanol–water partition coefficient (Wildman–Crippen LogP) is 1.89. The number of benzene rings is 1. The van der Waals surface area contributed by atoms with Gasteiger partial charge in [0.25, 0.3) is 5.91 Å². The van der Waals surface area contributed by atoms with Crippen LogP contribution in [0.25, 0.3) is 0 Å². The van der Waals surface area contributed by atoms with Crippen LogP contribution in [0.3, 0.4) is 0 Å². The van der Waals surface area contributed by atoms with Gasteiger partial charge in [0.1, 0.15) is 5.54 Å².